The van der Waals surface area contributed by atoms with Crippen molar-refractivity contribution in [1.29, 1.82) is 0 Å². The van der Waals surface area contributed by atoms with Gasteiger partial charge in [0.15, 0.2) is 11.9 Å². The molecule has 0 heterocycles. The Hall–Kier alpha value is -7.06. The molecule has 10 atom stereocenters. The molecule has 32 heteroatoms. The third kappa shape index (κ3) is 31.2. The summed E-state index contributed by atoms with van der Waals surface area (Å²) in [6.07, 6.45) is -1.65. The topological polar surface area (TPSA) is 543 Å². The van der Waals surface area contributed by atoms with Crippen LogP contribution in [0.15, 0.2) is 9.98 Å². The largest absolute Gasteiger partial charge is 0.480 e. The van der Waals surface area contributed by atoms with E-state index in [9.17, 15) is 63.0 Å². The molecule has 25 N–H and O–H groups in total. The van der Waals surface area contributed by atoms with E-state index in [0.717, 1.165) is 0 Å². The Bertz CT molecular complexity index is 2090. The lowest BCUT2D eigenvalue weighted by atomic mass is 10.0. The van der Waals surface area contributed by atoms with Gasteiger partial charge >= 0.3 is 5.97 Å². The lowest BCUT2D eigenvalue weighted by Gasteiger charge is -2.27. The molecule has 0 aromatic rings. The van der Waals surface area contributed by atoms with Crippen LogP contribution in [-0.4, -0.2) is 180 Å². The minimum absolute atomic E-state index is 0.00761. The summed E-state index contributed by atoms with van der Waals surface area (Å²) in [7, 11) is 0. The number of rotatable bonds is 40. The highest BCUT2D eigenvalue weighted by Crippen LogP contribution is 2.11. The second-order valence-electron chi connectivity index (χ2n) is 19.7. The van der Waals surface area contributed by atoms with Gasteiger partial charge < -0.3 is 98.2 Å². The number of thiol groups is 1. The number of nitrogens with one attached hydrogen (secondary N) is 9. The number of carboxylic acid groups (broad SMARTS) is 1. The van der Waals surface area contributed by atoms with Crippen molar-refractivity contribution in [2.24, 2.45) is 62.0 Å². The number of aliphatic imine (C=N–C) groups is 2. The number of carbonyl (C=O) groups is 11. The fourth-order valence-corrected chi connectivity index (χ4v) is 7.46. The minimum Gasteiger partial charge on any atom is -0.480 e. The van der Waals surface area contributed by atoms with E-state index in [0.29, 0.717) is 12.8 Å². The van der Waals surface area contributed by atoms with Crippen molar-refractivity contribution in [1.82, 2.24) is 47.9 Å². The van der Waals surface area contributed by atoms with Gasteiger partial charge in [-0.25, -0.2) is 4.79 Å². The van der Waals surface area contributed by atoms with Gasteiger partial charge in [0, 0.05) is 25.3 Å². The standard InChI is InChI=1S/C47H88N18O13S/c1-23(2)19-32(63-37(69)25(5)58-38(70)27(49)22-79)43(75)61-29(11-7-8-16-48)40(72)60-30(13-10-18-56-47(53)54)41(73)62-31(14-15-34(50)67)39(71)57-21-35(68)59-28(12-9-17-55-46(51)52)42(74)65-36(26(6)66)44(76)64-33(45(77)78)20-24(3)4/h23-33,36,66,79H,7-22,48-49H2,1-6H3,(H2,50,67)(H,57,71)(H,58,70)(H,59,68)(H,60,72)(H,61,75)(H,62,73)(H,63,69)(H,64,76)(H,65,74)(H,77,78)(H4,51,52,55)(H4,53,54,56)/t25-,26+,27-,28-,29-,30-,31-,32-,33-,36-/m0/s1. The first-order chi connectivity index (χ1) is 36.9. The smallest absolute Gasteiger partial charge is 0.326 e. The zero-order valence-corrected chi connectivity index (χ0v) is 46.9. The summed E-state index contributed by atoms with van der Waals surface area (Å²) in [5.41, 5.74) is 38.6. The van der Waals surface area contributed by atoms with Crippen LogP contribution in [0.4, 0.5) is 0 Å². The monoisotopic (exact) mass is 1140 g/mol. The predicted octanol–water partition coefficient (Wildman–Crippen LogP) is -6.68. The van der Waals surface area contributed by atoms with Crippen LogP contribution in [0.25, 0.3) is 0 Å². The number of aliphatic hydroxyl groups excluding tert-OH is 1. The summed E-state index contributed by atoms with van der Waals surface area (Å²) in [6.45, 7) is 8.98. The second-order valence-corrected chi connectivity index (χ2v) is 20.0. The van der Waals surface area contributed by atoms with E-state index in [-0.39, 0.29) is 94.1 Å². The molecule has 450 valence electrons. The molecule has 0 aromatic heterocycles. The van der Waals surface area contributed by atoms with Crippen LogP contribution in [0.3, 0.4) is 0 Å². The summed E-state index contributed by atoms with van der Waals surface area (Å²) in [5, 5.41) is 42.3. The first kappa shape index (κ1) is 71.9. The number of hydrogen-bond donors (Lipinski definition) is 19. The van der Waals surface area contributed by atoms with E-state index in [1.54, 1.807) is 27.7 Å². The number of amides is 10. The van der Waals surface area contributed by atoms with E-state index in [1.807, 2.05) is 0 Å². The van der Waals surface area contributed by atoms with Crippen LogP contribution in [-0.2, 0) is 52.7 Å². The summed E-state index contributed by atoms with van der Waals surface area (Å²) < 4.78 is 0. The maximum Gasteiger partial charge on any atom is 0.326 e. The van der Waals surface area contributed by atoms with E-state index >= 15 is 0 Å². The van der Waals surface area contributed by atoms with Crippen LogP contribution in [0.5, 0.6) is 0 Å². The average molecular weight is 1150 g/mol. The maximum absolute atomic E-state index is 14.2. The lowest BCUT2D eigenvalue weighted by molar-refractivity contribution is -0.143. The van der Waals surface area contributed by atoms with Gasteiger partial charge in [0.1, 0.15) is 48.3 Å². The van der Waals surface area contributed by atoms with Crippen molar-refractivity contribution in [2.75, 3.05) is 31.9 Å². The number of unbranched alkanes of at least 4 members (excludes halogenated alkanes) is 1. The highest BCUT2D eigenvalue weighted by atomic mass is 32.1. The van der Waals surface area contributed by atoms with Gasteiger partial charge in [0.2, 0.25) is 59.1 Å². The average Bonchev–Trinajstić information content (AvgIpc) is 3.35. The molecule has 0 spiro atoms. The Morgan fingerprint density at radius 2 is 0.937 bits per heavy atom. The van der Waals surface area contributed by atoms with E-state index in [2.05, 4.69) is 70.5 Å². The Kier molecular flexibility index (Phi) is 35.1. The Morgan fingerprint density at radius 3 is 1.38 bits per heavy atom. The Labute approximate surface area is 465 Å². The van der Waals surface area contributed by atoms with Crippen molar-refractivity contribution in [3.63, 3.8) is 0 Å². The summed E-state index contributed by atoms with van der Waals surface area (Å²) in [6, 6.07) is -12.2. The quantitative estimate of drug-likeness (QED) is 0.0117. The predicted molar refractivity (Wildman–Crippen MR) is 295 cm³/mol. The molecule has 79 heavy (non-hydrogen) atoms. The molecule has 0 aromatic carbocycles. The van der Waals surface area contributed by atoms with Gasteiger partial charge in [-0.2, -0.15) is 12.6 Å². The third-order valence-corrected chi connectivity index (χ3v) is 11.9. The number of hydrogen-bond acceptors (Lipinski definition) is 17. The zero-order valence-electron chi connectivity index (χ0n) is 46.0. The number of aliphatic carboxylic acids is 1. The molecule has 0 radical (unpaired) electrons. The van der Waals surface area contributed by atoms with Crippen molar-refractivity contribution in [3.8, 4) is 0 Å². The molecule has 0 aliphatic rings. The molecular formula is C47H88N18O13S. The summed E-state index contributed by atoms with van der Waals surface area (Å²) >= 11 is 4.00. The van der Waals surface area contributed by atoms with Gasteiger partial charge in [-0.05, 0) is 96.4 Å². The SMILES string of the molecule is CC(C)C[C@H](NC(=O)[C@@H](NC(=O)[C@H](CCCN=C(N)N)NC(=O)CNC(=O)[C@H](CCC(N)=O)NC(=O)[C@H](CCCN=C(N)N)NC(=O)[C@H](CCCCN)NC(=O)[C@H](CC(C)C)NC(=O)[C@H](C)NC(=O)[C@@H](N)CS)[C@@H](C)O)C(=O)O. The molecule has 31 nitrogen and oxygen atoms in total. The number of guanidine groups is 2. The Balaban J connectivity index is 6.70. The fourth-order valence-electron chi connectivity index (χ4n) is 7.30. The summed E-state index contributed by atoms with van der Waals surface area (Å²) in [4.78, 5) is 153. The number of carbonyl (C=O) groups excluding carboxylic acids is 10. The molecule has 0 saturated carbocycles. The van der Waals surface area contributed by atoms with Crippen LogP contribution >= 0.6 is 12.6 Å². The fraction of sp³-hybridized carbons (Fsp3) is 0.723. The van der Waals surface area contributed by atoms with Crippen molar-refractivity contribution in [2.45, 2.75) is 173 Å². The van der Waals surface area contributed by atoms with Crippen LogP contribution in [0, 0.1) is 11.8 Å². The Morgan fingerprint density at radius 1 is 0.506 bits per heavy atom. The lowest BCUT2D eigenvalue weighted by Crippen LogP contribution is -2.60. The maximum atomic E-state index is 14.2. The van der Waals surface area contributed by atoms with Crippen molar-refractivity contribution in [3.05, 3.63) is 0 Å². The number of primary amides is 1. The first-order valence-electron chi connectivity index (χ1n) is 26.0. The molecule has 0 saturated heterocycles. The van der Waals surface area contributed by atoms with E-state index in [4.69, 9.17) is 40.1 Å². The molecule has 0 bridgehead atoms. The molecule has 0 rings (SSSR count). The van der Waals surface area contributed by atoms with Gasteiger partial charge in [-0.1, -0.05) is 27.7 Å². The zero-order chi connectivity index (χ0) is 60.5. The number of carboxylic acids is 1. The highest BCUT2D eigenvalue weighted by Gasteiger charge is 2.35. The second kappa shape index (κ2) is 38.5. The van der Waals surface area contributed by atoms with Crippen LogP contribution in [0.1, 0.15) is 112 Å². The van der Waals surface area contributed by atoms with Crippen molar-refractivity contribution < 1.29 is 63.0 Å². The minimum atomic E-state index is -1.68. The number of nitrogens with two attached hydrogens (primary N) is 7. The molecular weight excluding hydrogens is 1060 g/mol. The highest BCUT2D eigenvalue weighted by molar-refractivity contribution is 7.80. The van der Waals surface area contributed by atoms with Crippen LogP contribution < -0.4 is 88.0 Å². The van der Waals surface area contributed by atoms with Gasteiger partial charge in [-0.3, -0.25) is 57.9 Å². The number of aliphatic hydroxyl groups is 1. The van der Waals surface area contributed by atoms with Gasteiger partial charge in [0.05, 0.1) is 18.7 Å². The molecule has 0 aliphatic heterocycles. The first-order valence-corrected chi connectivity index (χ1v) is 26.6. The summed E-state index contributed by atoms with van der Waals surface area (Å²) in [5.74, 6) is -11.0. The van der Waals surface area contributed by atoms with Gasteiger partial charge in [-0.15, -0.1) is 0 Å². The molecule has 10 amide bonds. The molecule has 0 unspecified atom stereocenters. The third-order valence-electron chi connectivity index (χ3n) is 11.5. The number of nitrogens with zero attached hydrogens (tertiary/aromatic N) is 2. The molecule has 0 fully saturated rings. The van der Waals surface area contributed by atoms with E-state index < -0.39 is 145 Å². The van der Waals surface area contributed by atoms with Gasteiger partial charge in [0.25, 0.3) is 0 Å². The van der Waals surface area contributed by atoms with E-state index in [1.165, 1.54) is 13.8 Å². The molecule has 0 aliphatic carbocycles. The normalized spacial score (nSPS) is 14.8. The van der Waals surface area contributed by atoms with Crippen molar-refractivity contribution >= 4 is 89.6 Å². The van der Waals surface area contributed by atoms with Crippen LogP contribution in [0.2, 0.25) is 0 Å².